The topological polar surface area (TPSA) is 92.4 Å². The van der Waals surface area contributed by atoms with E-state index in [4.69, 9.17) is 10.8 Å². The Bertz CT molecular complexity index is 387. The summed E-state index contributed by atoms with van der Waals surface area (Å²) in [5, 5.41) is 13.3. The van der Waals surface area contributed by atoms with E-state index in [9.17, 15) is 9.59 Å². The highest BCUT2D eigenvalue weighted by Crippen LogP contribution is 2.09. The molecule has 4 N–H and O–H groups in total. The van der Waals surface area contributed by atoms with Crippen LogP contribution in [0.2, 0.25) is 0 Å². The third-order valence-electron chi connectivity index (χ3n) is 1.74. The summed E-state index contributed by atoms with van der Waals surface area (Å²) in [4.78, 5) is 22.6. The molecule has 0 radical (unpaired) electrons. The zero-order chi connectivity index (χ0) is 12.0. The Morgan fingerprint density at radius 2 is 2.38 bits per heavy atom. The lowest BCUT2D eigenvalue weighted by Gasteiger charge is -2.05. The van der Waals surface area contributed by atoms with Gasteiger partial charge in [0.05, 0.1) is 6.54 Å². The Kier molecular flexibility index (Phi) is 4.68. The molecule has 0 saturated carbocycles. The number of rotatable bonds is 5. The summed E-state index contributed by atoms with van der Waals surface area (Å²) in [5.41, 5.74) is 4.82. The zero-order valence-corrected chi connectivity index (χ0v) is 9.24. The fourth-order valence-electron chi connectivity index (χ4n) is 0.901. The number of hydrogen-bond acceptors (Lipinski definition) is 4. The van der Waals surface area contributed by atoms with Crippen molar-refractivity contribution in [3.05, 3.63) is 28.5 Å². The van der Waals surface area contributed by atoms with Crippen molar-refractivity contribution in [3.63, 3.8) is 0 Å². The van der Waals surface area contributed by atoms with Crippen LogP contribution in [-0.4, -0.2) is 29.6 Å². The third-order valence-corrected chi connectivity index (χ3v) is 2.58. The van der Waals surface area contributed by atoms with Gasteiger partial charge in [0.2, 0.25) is 11.8 Å². The summed E-state index contributed by atoms with van der Waals surface area (Å²) in [5.74, 6) is -1.24. The molecule has 0 fully saturated rings. The molecule has 2 amide bonds. The molecule has 0 aliphatic rings. The van der Waals surface area contributed by atoms with E-state index in [1.54, 1.807) is 6.08 Å². The maximum absolute atomic E-state index is 11.2. The maximum Gasteiger partial charge on any atom is 0.248 e. The van der Waals surface area contributed by atoms with Crippen LogP contribution in [0, 0.1) is 0 Å². The molecular weight excluding hydrogens is 228 g/mol. The van der Waals surface area contributed by atoms with Crippen molar-refractivity contribution >= 4 is 29.2 Å². The molecule has 0 bridgehead atoms. The normalized spacial score (nSPS) is 12.6. The molecule has 0 aliphatic carbocycles. The number of aliphatic hydroxyl groups excluding tert-OH is 1. The van der Waals surface area contributed by atoms with Crippen molar-refractivity contribution in [2.45, 2.75) is 6.10 Å². The molecule has 6 heteroatoms. The van der Waals surface area contributed by atoms with Crippen LogP contribution in [0.4, 0.5) is 0 Å². The summed E-state index contributed by atoms with van der Waals surface area (Å²) in [6.07, 6.45) is 1.63. The number of carbonyl (C=O) groups excluding carboxylic acids is 2. The molecule has 86 valence electrons. The number of carbonyl (C=O) groups is 2. The van der Waals surface area contributed by atoms with Gasteiger partial charge in [-0.1, -0.05) is 6.07 Å². The highest BCUT2D eigenvalue weighted by atomic mass is 32.1. The quantitative estimate of drug-likeness (QED) is 0.618. The van der Waals surface area contributed by atoms with Crippen molar-refractivity contribution in [2.24, 2.45) is 5.73 Å². The van der Waals surface area contributed by atoms with E-state index in [0.717, 1.165) is 4.88 Å². The van der Waals surface area contributed by atoms with Crippen molar-refractivity contribution in [1.82, 2.24) is 5.32 Å². The molecule has 1 aromatic heterocycles. The maximum atomic E-state index is 11.2. The number of thiophene rings is 1. The van der Waals surface area contributed by atoms with E-state index < -0.39 is 12.0 Å². The van der Waals surface area contributed by atoms with Crippen molar-refractivity contribution < 1.29 is 14.7 Å². The third kappa shape index (κ3) is 4.24. The fraction of sp³-hybridized carbons (Fsp3) is 0.200. The van der Waals surface area contributed by atoms with Gasteiger partial charge < -0.3 is 16.2 Å². The summed E-state index contributed by atoms with van der Waals surface area (Å²) in [6.45, 7) is -0.178. The van der Waals surface area contributed by atoms with E-state index in [1.807, 2.05) is 17.5 Å². The van der Waals surface area contributed by atoms with Crippen LogP contribution in [0.5, 0.6) is 0 Å². The van der Waals surface area contributed by atoms with Crippen molar-refractivity contribution in [1.29, 1.82) is 0 Å². The predicted octanol–water partition coefficient (Wildman–Crippen LogP) is -0.276. The van der Waals surface area contributed by atoms with E-state index in [1.165, 1.54) is 17.4 Å². The summed E-state index contributed by atoms with van der Waals surface area (Å²) < 4.78 is 0. The summed E-state index contributed by atoms with van der Waals surface area (Å²) in [7, 11) is 0. The van der Waals surface area contributed by atoms with Crippen LogP contribution < -0.4 is 11.1 Å². The number of nitrogens with two attached hydrogens (primary N) is 1. The van der Waals surface area contributed by atoms with Crippen LogP contribution in [0.3, 0.4) is 0 Å². The van der Waals surface area contributed by atoms with Gasteiger partial charge in [-0.25, -0.2) is 0 Å². The lowest BCUT2D eigenvalue weighted by Crippen LogP contribution is -2.39. The number of aliphatic hydroxyl groups is 1. The minimum atomic E-state index is -1.35. The summed E-state index contributed by atoms with van der Waals surface area (Å²) in [6, 6.07) is 3.74. The standard InChI is InChI=1S/C10H12N2O3S/c11-10(15)8(13)6-12-9(14)4-3-7-2-1-5-16-7/h1-5,8,13H,6H2,(H2,11,15)(H,12,14)/b4-3+. The first kappa shape index (κ1) is 12.4. The number of hydrogen-bond donors (Lipinski definition) is 3. The SMILES string of the molecule is NC(=O)C(O)CNC(=O)/C=C/c1cccs1. The molecule has 1 aromatic rings. The molecule has 0 spiro atoms. The highest BCUT2D eigenvalue weighted by Gasteiger charge is 2.10. The van der Waals surface area contributed by atoms with Gasteiger partial charge in [0.1, 0.15) is 6.10 Å². The molecule has 1 atom stereocenters. The lowest BCUT2D eigenvalue weighted by atomic mass is 10.3. The Labute approximate surface area is 96.6 Å². The van der Waals surface area contributed by atoms with Gasteiger partial charge >= 0.3 is 0 Å². The van der Waals surface area contributed by atoms with Gasteiger partial charge in [-0.2, -0.15) is 0 Å². The molecule has 1 unspecified atom stereocenters. The average molecular weight is 240 g/mol. The van der Waals surface area contributed by atoms with E-state index in [2.05, 4.69) is 5.32 Å². The monoisotopic (exact) mass is 240 g/mol. The zero-order valence-electron chi connectivity index (χ0n) is 8.42. The molecule has 5 nitrogen and oxygen atoms in total. The van der Waals surface area contributed by atoms with Crippen LogP contribution in [-0.2, 0) is 9.59 Å². The Morgan fingerprint density at radius 3 is 2.94 bits per heavy atom. The second-order valence-corrected chi connectivity index (χ2v) is 3.99. The molecule has 0 aliphatic heterocycles. The van der Waals surface area contributed by atoms with E-state index in [0.29, 0.717) is 0 Å². The highest BCUT2D eigenvalue weighted by molar-refractivity contribution is 7.10. The van der Waals surface area contributed by atoms with Crippen LogP contribution in [0.1, 0.15) is 4.88 Å². The van der Waals surface area contributed by atoms with Gasteiger partial charge in [0, 0.05) is 11.0 Å². The van der Waals surface area contributed by atoms with Gasteiger partial charge in [-0.3, -0.25) is 9.59 Å². The molecule has 0 aromatic carbocycles. The van der Waals surface area contributed by atoms with E-state index in [-0.39, 0.29) is 12.5 Å². The van der Waals surface area contributed by atoms with Crippen molar-refractivity contribution in [2.75, 3.05) is 6.54 Å². The second-order valence-electron chi connectivity index (χ2n) is 3.01. The predicted molar refractivity (Wildman–Crippen MR) is 61.6 cm³/mol. The largest absolute Gasteiger partial charge is 0.381 e. The molecule has 1 rings (SSSR count). The van der Waals surface area contributed by atoms with Crippen LogP contribution in [0.15, 0.2) is 23.6 Å². The number of primary amides is 1. The summed E-state index contributed by atoms with van der Waals surface area (Å²) >= 11 is 1.50. The van der Waals surface area contributed by atoms with Gasteiger partial charge in [-0.05, 0) is 17.5 Å². The fourth-order valence-corrected chi connectivity index (χ4v) is 1.52. The first-order valence-electron chi connectivity index (χ1n) is 4.56. The Hall–Kier alpha value is -1.66. The molecule has 1 heterocycles. The van der Waals surface area contributed by atoms with Crippen LogP contribution in [0.25, 0.3) is 6.08 Å². The van der Waals surface area contributed by atoms with Crippen LogP contribution >= 0.6 is 11.3 Å². The Balaban J connectivity index is 2.34. The van der Waals surface area contributed by atoms with Gasteiger partial charge in [0.15, 0.2) is 0 Å². The van der Waals surface area contributed by atoms with Gasteiger partial charge in [-0.15, -0.1) is 11.3 Å². The van der Waals surface area contributed by atoms with Crippen molar-refractivity contribution in [3.8, 4) is 0 Å². The van der Waals surface area contributed by atoms with E-state index >= 15 is 0 Å². The first-order valence-corrected chi connectivity index (χ1v) is 5.44. The minimum absolute atomic E-state index is 0.178. The van der Waals surface area contributed by atoms with Gasteiger partial charge in [0.25, 0.3) is 0 Å². The smallest absolute Gasteiger partial charge is 0.248 e. The number of amides is 2. The minimum Gasteiger partial charge on any atom is -0.381 e. The molecular formula is C10H12N2O3S. The average Bonchev–Trinajstić information content (AvgIpc) is 2.75. The molecule has 0 saturated heterocycles. The number of nitrogens with one attached hydrogen (secondary N) is 1. The molecule has 16 heavy (non-hydrogen) atoms. The first-order chi connectivity index (χ1) is 7.59. The lowest BCUT2D eigenvalue weighted by molar-refractivity contribution is -0.126. The second kappa shape index (κ2) is 6.04. The Morgan fingerprint density at radius 1 is 1.62 bits per heavy atom.